The fourth-order valence-corrected chi connectivity index (χ4v) is 5.15. The van der Waals surface area contributed by atoms with Crippen molar-refractivity contribution in [2.24, 2.45) is 0 Å². The van der Waals surface area contributed by atoms with Crippen LogP contribution in [0.5, 0.6) is 5.75 Å². The predicted molar refractivity (Wildman–Crippen MR) is 117 cm³/mol. The number of halogens is 4. The Kier molecular flexibility index (Phi) is 6.25. The fraction of sp³-hybridized carbons (Fsp3) is 0.200. The van der Waals surface area contributed by atoms with Crippen LogP contribution in [0.2, 0.25) is 5.02 Å². The minimum atomic E-state index is -4.58. The summed E-state index contributed by atoms with van der Waals surface area (Å²) in [7, 11) is -3.85. The number of ether oxygens (including phenoxy) is 1. The van der Waals surface area contributed by atoms with Crippen molar-refractivity contribution in [3.63, 3.8) is 0 Å². The van der Waals surface area contributed by atoms with E-state index in [-0.39, 0.29) is 33.8 Å². The highest BCUT2D eigenvalue weighted by molar-refractivity contribution is 7.93. The van der Waals surface area contributed by atoms with Gasteiger partial charge in [-0.1, -0.05) is 11.6 Å². The molecule has 1 aliphatic rings. The first kappa shape index (κ1) is 23.3. The van der Waals surface area contributed by atoms with Crippen LogP contribution in [0, 0.1) is 0 Å². The smallest absolute Gasteiger partial charge is 0.416 e. The molecule has 13 heteroatoms. The topological polar surface area (TPSA) is 88.6 Å². The van der Waals surface area contributed by atoms with Gasteiger partial charge in [-0.2, -0.15) is 13.2 Å². The summed E-state index contributed by atoms with van der Waals surface area (Å²) in [4.78, 5) is 18.0. The third-order valence-corrected chi connectivity index (χ3v) is 7.28. The molecule has 174 valence electrons. The van der Waals surface area contributed by atoms with Gasteiger partial charge in [-0.3, -0.25) is 9.52 Å². The van der Waals surface area contributed by atoms with E-state index in [0.29, 0.717) is 5.69 Å². The largest absolute Gasteiger partial charge is 0.479 e. The Morgan fingerprint density at radius 2 is 1.91 bits per heavy atom. The molecule has 1 amide bonds. The zero-order chi connectivity index (χ0) is 23.8. The van der Waals surface area contributed by atoms with Gasteiger partial charge in [0.2, 0.25) is 0 Å². The first-order valence-corrected chi connectivity index (χ1v) is 12.2. The maximum atomic E-state index is 13.0. The molecule has 1 atom stereocenters. The molecule has 0 saturated carbocycles. The van der Waals surface area contributed by atoms with Crippen LogP contribution in [0.15, 0.2) is 58.9 Å². The summed E-state index contributed by atoms with van der Waals surface area (Å²) < 4.78 is 71.7. The molecule has 4 rings (SSSR count). The van der Waals surface area contributed by atoms with Crippen molar-refractivity contribution in [1.82, 2.24) is 4.98 Å². The molecular formula is C20H15ClF3N3O4S2. The number of anilines is 2. The Hall–Kier alpha value is -2.83. The van der Waals surface area contributed by atoms with E-state index in [1.165, 1.54) is 35.4 Å². The summed E-state index contributed by atoms with van der Waals surface area (Å²) in [6.07, 6.45) is -3.92. The molecule has 2 aromatic carbocycles. The lowest BCUT2D eigenvalue weighted by Crippen LogP contribution is -2.32. The van der Waals surface area contributed by atoms with Crippen LogP contribution in [-0.2, 0) is 21.0 Å². The van der Waals surface area contributed by atoms with E-state index in [0.717, 1.165) is 29.5 Å². The number of carbonyl (C=O) groups is 1. The number of carbonyl (C=O) groups excluding carboxylic acids is 1. The van der Waals surface area contributed by atoms with Gasteiger partial charge < -0.3 is 9.64 Å². The summed E-state index contributed by atoms with van der Waals surface area (Å²) in [6, 6.07) is 8.27. The van der Waals surface area contributed by atoms with Gasteiger partial charge in [0, 0.05) is 30.2 Å². The average molecular weight is 518 g/mol. The van der Waals surface area contributed by atoms with Crippen molar-refractivity contribution in [2.45, 2.75) is 23.6 Å². The molecule has 1 aliphatic heterocycles. The minimum absolute atomic E-state index is 0.0170. The van der Waals surface area contributed by atoms with Gasteiger partial charge in [-0.15, -0.1) is 11.3 Å². The number of benzene rings is 2. The van der Waals surface area contributed by atoms with Crippen LogP contribution in [-0.4, -0.2) is 32.0 Å². The van der Waals surface area contributed by atoms with E-state index in [1.807, 2.05) is 0 Å². The molecule has 0 aliphatic carbocycles. The number of aromatic nitrogens is 1. The lowest BCUT2D eigenvalue weighted by molar-refractivity contribution is -0.137. The van der Waals surface area contributed by atoms with Crippen molar-refractivity contribution >= 4 is 49.7 Å². The van der Waals surface area contributed by atoms with Crippen molar-refractivity contribution in [3.05, 3.63) is 64.6 Å². The van der Waals surface area contributed by atoms with Crippen molar-refractivity contribution in [1.29, 1.82) is 0 Å². The Morgan fingerprint density at radius 3 is 2.55 bits per heavy atom. The molecule has 33 heavy (non-hydrogen) atoms. The Morgan fingerprint density at radius 1 is 1.18 bits per heavy atom. The maximum absolute atomic E-state index is 13.0. The maximum Gasteiger partial charge on any atom is 0.416 e. The Bertz CT molecular complexity index is 1270. The molecule has 1 N–H and O–H groups in total. The van der Waals surface area contributed by atoms with Crippen LogP contribution in [0.3, 0.4) is 0 Å². The van der Waals surface area contributed by atoms with Gasteiger partial charge in [-0.25, -0.2) is 13.4 Å². The summed E-state index contributed by atoms with van der Waals surface area (Å²) >= 11 is 7.09. The lowest BCUT2D eigenvalue weighted by Gasteiger charge is -2.18. The van der Waals surface area contributed by atoms with Gasteiger partial charge in [0.15, 0.2) is 11.2 Å². The zero-order valence-electron chi connectivity index (χ0n) is 16.5. The number of thiazole rings is 1. The number of hydrogen-bond acceptors (Lipinski definition) is 6. The molecule has 1 aromatic heterocycles. The second-order valence-electron chi connectivity index (χ2n) is 6.96. The number of nitrogens with zero attached hydrogens (tertiary/aromatic N) is 2. The first-order chi connectivity index (χ1) is 15.5. The van der Waals surface area contributed by atoms with Crippen molar-refractivity contribution in [3.8, 4) is 5.75 Å². The highest BCUT2D eigenvalue weighted by Gasteiger charge is 2.36. The summed E-state index contributed by atoms with van der Waals surface area (Å²) in [5.41, 5.74) is -0.512. The molecule has 0 bridgehead atoms. The van der Waals surface area contributed by atoms with E-state index in [2.05, 4.69) is 9.71 Å². The van der Waals surface area contributed by atoms with E-state index >= 15 is 0 Å². The summed E-state index contributed by atoms with van der Waals surface area (Å²) in [6.45, 7) is 0.240. The van der Waals surface area contributed by atoms with E-state index in [4.69, 9.17) is 16.3 Å². The summed E-state index contributed by atoms with van der Waals surface area (Å²) in [5, 5.41) is 1.81. The van der Waals surface area contributed by atoms with E-state index in [1.54, 1.807) is 5.38 Å². The normalized spacial score (nSPS) is 16.8. The van der Waals surface area contributed by atoms with Crippen LogP contribution < -0.4 is 14.4 Å². The Balaban J connectivity index is 1.47. The van der Waals surface area contributed by atoms with Gasteiger partial charge in [0.05, 0.1) is 15.5 Å². The van der Waals surface area contributed by atoms with Gasteiger partial charge in [0.1, 0.15) is 5.75 Å². The standard InChI is InChI=1S/C20H15ClF3N3O4S2/c21-15-6-1-12(20(22,23)24)11-17(15)31-16-7-9-27(18(16)28)13-2-4-14(5-3-13)33(29,30)26-19-25-8-10-32-19/h1-6,8,10-11,16H,7,9H2,(H,25,26). The van der Waals surface area contributed by atoms with Crippen molar-refractivity contribution < 1.29 is 31.1 Å². The number of amides is 1. The zero-order valence-corrected chi connectivity index (χ0v) is 18.9. The number of sulfonamides is 1. The van der Waals surface area contributed by atoms with Crippen LogP contribution in [0.1, 0.15) is 12.0 Å². The van der Waals surface area contributed by atoms with E-state index < -0.39 is 33.8 Å². The molecule has 1 saturated heterocycles. The number of nitrogens with one attached hydrogen (secondary N) is 1. The van der Waals surface area contributed by atoms with Gasteiger partial charge in [-0.05, 0) is 42.5 Å². The Labute approximate surface area is 195 Å². The average Bonchev–Trinajstić information content (AvgIpc) is 3.38. The molecular weight excluding hydrogens is 503 g/mol. The van der Waals surface area contributed by atoms with Crippen LogP contribution in [0.25, 0.3) is 0 Å². The molecule has 0 spiro atoms. The molecule has 3 aromatic rings. The quantitative estimate of drug-likeness (QED) is 0.507. The van der Waals surface area contributed by atoms with Crippen LogP contribution >= 0.6 is 22.9 Å². The predicted octanol–water partition coefficient (Wildman–Crippen LogP) is 4.80. The second kappa shape index (κ2) is 8.84. The molecule has 2 heterocycles. The van der Waals surface area contributed by atoms with Gasteiger partial charge in [0.25, 0.3) is 15.9 Å². The number of rotatable bonds is 6. The molecule has 0 radical (unpaired) electrons. The monoisotopic (exact) mass is 517 g/mol. The molecule has 1 fully saturated rings. The summed E-state index contributed by atoms with van der Waals surface area (Å²) in [5.74, 6) is -0.707. The van der Waals surface area contributed by atoms with Crippen LogP contribution in [0.4, 0.5) is 24.0 Å². The molecule has 1 unspecified atom stereocenters. The third kappa shape index (κ3) is 5.07. The third-order valence-electron chi connectivity index (χ3n) is 4.80. The highest BCUT2D eigenvalue weighted by Crippen LogP contribution is 2.36. The highest BCUT2D eigenvalue weighted by atomic mass is 35.5. The van der Waals surface area contributed by atoms with E-state index in [9.17, 15) is 26.4 Å². The van der Waals surface area contributed by atoms with Gasteiger partial charge >= 0.3 is 6.18 Å². The molecule has 7 nitrogen and oxygen atoms in total. The number of hydrogen-bond donors (Lipinski definition) is 1. The number of alkyl halides is 3. The SMILES string of the molecule is O=C1C(Oc2cc(C(F)(F)F)ccc2Cl)CCN1c1ccc(S(=O)(=O)Nc2nccs2)cc1. The first-order valence-electron chi connectivity index (χ1n) is 9.42. The minimum Gasteiger partial charge on any atom is -0.479 e. The lowest BCUT2D eigenvalue weighted by atomic mass is 10.2. The van der Waals surface area contributed by atoms with Crippen molar-refractivity contribution in [2.75, 3.05) is 16.2 Å². The second-order valence-corrected chi connectivity index (χ2v) is 9.95. The fourth-order valence-electron chi connectivity index (χ4n) is 3.20.